The van der Waals surface area contributed by atoms with Crippen LogP contribution in [0.3, 0.4) is 0 Å². The minimum atomic E-state index is -3.45. The van der Waals surface area contributed by atoms with Gasteiger partial charge in [-0.2, -0.15) is 0 Å². The molecule has 6 heteroatoms. The first kappa shape index (κ1) is 15.0. The van der Waals surface area contributed by atoms with E-state index in [1.807, 2.05) is 13.8 Å². The maximum Gasteiger partial charge on any atom is 0.240 e. The van der Waals surface area contributed by atoms with Gasteiger partial charge in [-0.3, -0.25) is 0 Å². The maximum absolute atomic E-state index is 12.3. The largest absolute Gasteiger partial charge is 0.375 e. The Balaban J connectivity index is 2.11. The number of rotatable bonds is 3. The summed E-state index contributed by atoms with van der Waals surface area (Å²) in [6, 6.07) is 6.57. The zero-order chi connectivity index (χ0) is 14.1. The van der Waals surface area contributed by atoms with Crippen LogP contribution in [0.2, 0.25) is 0 Å². The van der Waals surface area contributed by atoms with Crippen LogP contribution in [-0.4, -0.2) is 26.7 Å². The predicted octanol–water partition coefficient (Wildman–Crippen LogP) is 2.69. The Hall–Kier alpha value is -0.430. The molecule has 0 aliphatic carbocycles. The van der Waals surface area contributed by atoms with Gasteiger partial charge in [0.1, 0.15) is 0 Å². The van der Waals surface area contributed by atoms with E-state index in [0.29, 0.717) is 24.3 Å². The Morgan fingerprint density at radius 1 is 1.32 bits per heavy atom. The van der Waals surface area contributed by atoms with Crippen LogP contribution in [0.25, 0.3) is 0 Å². The molecule has 1 N–H and O–H groups in total. The van der Waals surface area contributed by atoms with Crippen molar-refractivity contribution in [1.82, 2.24) is 4.72 Å². The third-order valence-corrected chi connectivity index (χ3v) is 5.21. The number of sulfonamides is 1. The van der Waals surface area contributed by atoms with E-state index < -0.39 is 10.0 Å². The van der Waals surface area contributed by atoms with Crippen LogP contribution in [0.5, 0.6) is 0 Å². The van der Waals surface area contributed by atoms with Crippen molar-refractivity contribution in [3.63, 3.8) is 0 Å². The summed E-state index contributed by atoms with van der Waals surface area (Å²) < 4.78 is 33.7. The van der Waals surface area contributed by atoms with Gasteiger partial charge in [-0.25, -0.2) is 13.1 Å². The van der Waals surface area contributed by atoms with Crippen molar-refractivity contribution in [2.75, 3.05) is 6.61 Å². The van der Waals surface area contributed by atoms with Crippen LogP contribution >= 0.6 is 15.9 Å². The van der Waals surface area contributed by atoms with E-state index in [1.165, 1.54) is 0 Å². The third kappa shape index (κ3) is 4.02. The molecule has 0 aromatic heterocycles. The Morgan fingerprint density at radius 3 is 2.53 bits per heavy atom. The number of ether oxygens (including phenoxy) is 1. The molecule has 1 aliphatic rings. The van der Waals surface area contributed by atoms with Crippen molar-refractivity contribution in [2.45, 2.75) is 43.2 Å². The normalized spacial score (nSPS) is 23.2. The average molecular weight is 348 g/mol. The molecule has 0 amide bonds. The minimum absolute atomic E-state index is 0.0719. The lowest BCUT2D eigenvalue weighted by atomic mass is 9.95. The van der Waals surface area contributed by atoms with Gasteiger partial charge in [-0.05, 0) is 51.0 Å². The molecule has 19 heavy (non-hydrogen) atoms. The van der Waals surface area contributed by atoms with E-state index in [-0.39, 0.29) is 11.6 Å². The van der Waals surface area contributed by atoms with Crippen molar-refractivity contribution in [1.29, 1.82) is 0 Å². The fourth-order valence-corrected chi connectivity index (χ4v) is 3.77. The van der Waals surface area contributed by atoms with Gasteiger partial charge < -0.3 is 4.74 Å². The van der Waals surface area contributed by atoms with Gasteiger partial charge in [0.15, 0.2) is 0 Å². The third-order valence-electron chi connectivity index (χ3n) is 3.14. The van der Waals surface area contributed by atoms with Gasteiger partial charge in [0, 0.05) is 17.1 Å². The highest BCUT2D eigenvalue weighted by molar-refractivity contribution is 9.10. The minimum Gasteiger partial charge on any atom is -0.375 e. The number of benzene rings is 1. The first-order valence-electron chi connectivity index (χ1n) is 6.20. The van der Waals surface area contributed by atoms with E-state index >= 15 is 0 Å². The highest BCUT2D eigenvalue weighted by atomic mass is 79.9. The summed E-state index contributed by atoms with van der Waals surface area (Å²) in [5.41, 5.74) is -0.273. The second-order valence-electron chi connectivity index (χ2n) is 5.37. The molecular weight excluding hydrogens is 330 g/mol. The molecule has 0 spiro atoms. The van der Waals surface area contributed by atoms with Crippen molar-refractivity contribution >= 4 is 26.0 Å². The lowest BCUT2D eigenvalue weighted by molar-refractivity contribution is -0.0599. The van der Waals surface area contributed by atoms with E-state index in [4.69, 9.17) is 4.74 Å². The second-order valence-corrected chi connectivity index (χ2v) is 8.00. The molecule has 1 unspecified atom stereocenters. The molecule has 2 rings (SSSR count). The molecule has 1 atom stereocenters. The zero-order valence-electron chi connectivity index (χ0n) is 11.0. The summed E-state index contributed by atoms with van der Waals surface area (Å²) in [5, 5.41) is 0. The van der Waals surface area contributed by atoms with Gasteiger partial charge in [-0.15, -0.1) is 0 Å². The van der Waals surface area contributed by atoms with Crippen LogP contribution in [0.1, 0.15) is 26.7 Å². The van der Waals surface area contributed by atoms with Crippen molar-refractivity contribution in [3.8, 4) is 0 Å². The Kier molecular flexibility index (Phi) is 4.35. The molecular formula is C13H18BrNO3S. The summed E-state index contributed by atoms with van der Waals surface area (Å²) in [4.78, 5) is 0.292. The van der Waals surface area contributed by atoms with E-state index in [2.05, 4.69) is 20.7 Å². The molecule has 1 saturated heterocycles. The molecule has 0 radical (unpaired) electrons. The second kappa shape index (κ2) is 5.52. The fourth-order valence-electron chi connectivity index (χ4n) is 2.23. The van der Waals surface area contributed by atoms with E-state index in [0.717, 1.165) is 4.47 Å². The molecule has 1 aromatic carbocycles. The monoisotopic (exact) mass is 347 g/mol. The highest BCUT2D eigenvalue weighted by Gasteiger charge is 2.31. The Labute approximate surface area is 122 Å². The molecule has 0 saturated carbocycles. The molecule has 4 nitrogen and oxygen atoms in total. The summed E-state index contributed by atoms with van der Waals surface area (Å²) in [6.45, 7) is 4.54. The number of halogens is 1. The zero-order valence-corrected chi connectivity index (χ0v) is 13.4. The van der Waals surface area contributed by atoms with Crippen molar-refractivity contribution in [2.24, 2.45) is 0 Å². The standard InChI is InChI=1S/C13H18BrNO3S/c1-13(2)9-11(7-8-18-13)15-19(16,17)12-5-3-10(14)4-6-12/h3-6,11,15H,7-9H2,1-2H3. The van der Waals surface area contributed by atoms with Crippen LogP contribution < -0.4 is 4.72 Å². The summed E-state index contributed by atoms with van der Waals surface area (Å²) in [6.07, 6.45) is 1.39. The number of hydrogen-bond acceptors (Lipinski definition) is 3. The number of nitrogens with one attached hydrogen (secondary N) is 1. The van der Waals surface area contributed by atoms with Gasteiger partial charge in [-0.1, -0.05) is 15.9 Å². The van der Waals surface area contributed by atoms with Gasteiger partial charge in [0.2, 0.25) is 10.0 Å². The van der Waals surface area contributed by atoms with Crippen LogP contribution in [0.4, 0.5) is 0 Å². The first-order chi connectivity index (χ1) is 8.78. The van der Waals surface area contributed by atoms with Crippen LogP contribution in [0, 0.1) is 0 Å². The Morgan fingerprint density at radius 2 is 1.95 bits per heavy atom. The fraction of sp³-hybridized carbons (Fsp3) is 0.538. The predicted molar refractivity (Wildman–Crippen MR) is 77.5 cm³/mol. The quantitative estimate of drug-likeness (QED) is 0.914. The highest BCUT2D eigenvalue weighted by Crippen LogP contribution is 2.25. The molecule has 106 valence electrons. The van der Waals surface area contributed by atoms with Crippen LogP contribution in [0.15, 0.2) is 33.6 Å². The summed E-state index contributed by atoms with van der Waals surface area (Å²) in [7, 11) is -3.45. The lowest BCUT2D eigenvalue weighted by Gasteiger charge is -2.35. The average Bonchev–Trinajstić information content (AvgIpc) is 2.27. The first-order valence-corrected chi connectivity index (χ1v) is 8.48. The molecule has 1 aromatic rings. The molecule has 1 heterocycles. The Bertz CT molecular complexity index is 540. The lowest BCUT2D eigenvalue weighted by Crippen LogP contribution is -2.45. The van der Waals surface area contributed by atoms with Crippen molar-refractivity contribution in [3.05, 3.63) is 28.7 Å². The SMILES string of the molecule is CC1(C)CC(NS(=O)(=O)c2ccc(Br)cc2)CCO1. The number of hydrogen-bond donors (Lipinski definition) is 1. The summed E-state index contributed by atoms with van der Waals surface area (Å²) in [5.74, 6) is 0. The van der Waals surface area contributed by atoms with Gasteiger partial charge in [0.05, 0.1) is 10.5 Å². The topological polar surface area (TPSA) is 55.4 Å². The molecule has 0 bridgehead atoms. The summed E-state index contributed by atoms with van der Waals surface area (Å²) >= 11 is 3.29. The van der Waals surface area contributed by atoms with Crippen molar-refractivity contribution < 1.29 is 13.2 Å². The maximum atomic E-state index is 12.3. The smallest absolute Gasteiger partial charge is 0.240 e. The molecule has 1 fully saturated rings. The van der Waals surface area contributed by atoms with Gasteiger partial charge in [0.25, 0.3) is 0 Å². The van der Waals surface area contributed by atoms with E-state index in [9.17, 15) is 8.42 Å². The van der Waals surface area contributed by atoms with Crippen LogP contribution in [-0.2, 0) is 14.8 Å². The molecule has 1 aliphatic heterocycles. The van der Waals surface area contributed by atoms with E-state index in [1.54, 1.807) is 24.3 Å². The van der Waals surface area contributed by atoms with Gasteiger partial charge >= 0.3 is 0 Å².